The maximum Gasteiger partial charge on any atom is 0.134 e. The molecule has 0 saturated carbocycles. The molecule has 2 nitrogen and oxygen atoms in total. The number of para-hydroxylation sites is 1. The Balaban J connectivity index is 2.20. The van der Waals surface area contributed by atoms with Gasteiger partial charge in [-0.1, -0.05) is 24.3 Å². The lowest BCUT2D eigenvalue weighted by Gasteiger charge is -2.20. The van der Waals surface area contributed by atoms with Gasteiger partial charge in [-0.2, -0.15) is 0 Å². The number of fused-ring (bicyclic) bond motifs is 3. The number of furan rings is 1. The van der Waals surface area contributed by atoms with Crippen LogP contribution in [0.4, 0.5) is 0 Å². The lowest BCUT2D eigenvalue weighted by atomic mass is 9.92. The highest BCUT2D eigenvalue weighted by atomic mass is 16.5. The van der Waals surface area contributed by atoms with Crippen LogP contribution < -0.4 is 0 Å². The van der Waals surface area contributed by atoms with Crippen molar-refractivity contribution in [1.82, 2.24) is 0 Å². The van der Waals surface area contributed by atoms with Gasteiger partial charge in [0.15, 0.2) is 0 Å². The first-order chi connectivity index (χ1) is 7.90. The maximum absolute atomic E-state index is 5.81. The van der Waals surface area contributed by atoms with Crippen molar-refractivity contribution < 1.29 is 9.15 Å². The van der Waals surface area contributed by atoms with Crippen molar-refractivity contribution in [2.45, 2.75) is 18.9 Å². The van der Waals surface area contributed by atoms with Gasteiger partial charge in [0.1, 0.15) is 18.0 Å². The van der Waals surface area contributed by atoms with Crippen molar-refractivity contribution in [2.24, 2.45) is 0 Å². The molecule has 82 valence electrons. The molecule has 0 fully saturated rings. The molecule has 0 spiro atoms. The van der Waals surface area contributed by atoms with Crippen LogP contribution in [0.2, 0.25) is 0 Å². The third-order valence-electron chi connectivity index (χ3n) is 3.12. The van der Waals surface area contributed by atoms with Crippen molar-refractivity contribution in [2.75, 3.05) is 6.61 Å². The van der Waals surface area contributed by atoms with E-state index in [9.17, 15) is 0 Å². The van der Waals surface area contributed by atoms with Crippen LogP contribution in [0.5, 0.6) is 0 Å². The molecule has 2 aromatic rings. The molecule has 16 heavy (non-hydrogen) atoms. The second-order valence-electron chi connectivity index (χ2n) is 4.17. The van der Waals surface area contributed by atoms with Gasteiger partial charge in [0, 0.05) is 16.9 Å². The summed E-state index contributed by atoms with van der Waals surface area (Å²) in [5.41, 5.74) is 2.29. The highest BCUT2D eigenvalue weighted by Crippen LogP contribution is 2.37. The van der Waals surface area contributed by atoms with Crippen molar-refractivity contribution in [3.63, 3.8) is 0 Å². The molecule has 3 rings (SSSR count). The van der Waals surface area contributed by atoms with Gasteiger partial charge in [0.05, 0.1) is 6.61 Å². The van der Waals surface area contributed by atoms with Gasteiger partial charge in [-0.15, -0.1) is 6.58 Å². The van der Waals surface area contributed by atoms with Crippen LogP contribution in [0.1, 0.15) is 23.7 Å². The first-order valence-corrected chi connectivity index (χ1v) is 5.59. The number of hydrogen-bond donors (Lipinski definition) is 0. The molecule has 1 aliphatic rings. The normalized spacial score (nSPS) is 19.6. The Labute approximate surface area is 94.5 Å². The molecular formula is C14H14O2. The fourth-order valence-corrected chi connectivity index (χ4v) is 2.44. The van der Waals surface area contributed by atoms with Crippen LogP contribution in [0, 0.1) is 0 Å². The topological polar surface area (TPSA) is 22.4 Å². The quantitative estimate of drug-likeness (QED) is 0.712. The highest BCUT2D eigenvalue weighted by Gasteiger charge is 2.25. The third-order valence-corrected chi connectivity index (χ3v) is 3.12. The monoisotopic (exact) mass is 214 g/mol. The molecule has 2 heteroatoms. The predicted octanol–water partition coefficient (Wildman–Crippen LogP) is 3.62. The molecule has 1 aromatic heterocycles. The van der Waals surface area contributed by atoms with Gasteiger partial charge in [0.2, 0.25) is 0 Å². The molecule has 0 amide bonds. The number of allylic oxidation sites excluding steroid dienone is 1. The van der Waals surface area contributed by atoms with Gasteiger partial charge in [-0.3, -0.25) is 0 Å². The molecule has 1 unspecified atom stereocenters. The molecule has 0 N–H and O–H groups in total. The van der Waals surface area contributed by atoms with Crippen LogP contribution in [-0.2, 0) is 11.3 Å². The van der Waals surface area contributed by atoms with Gasteiger partial charge < -0.3 is 9.15 Å². The lowest BCUT2D eigenvalue weighted by Crippen LogP contribution is -2.14. The zero-order valence-corrected chi connectivity index (χ0v) is 9.11. The molecule has 0 bridgehead atoms. The van der Waals surface area contributed by atoms with E-state index >= 15 is 0 Å². The average molecular weight is 214 g/mol. The fourth-order valence-electron chi connectivity index (χ4n) is 2.44. The van der Waals surface area contributed by atoms with Crippen molar-refractivity contribution in [1.29, 1.82) is 0 Å². The number of rotatable bonds is 2. The summed E-state index contributed by atoms with van der Waals surface area (Å²) in [6, 6.07) is 8.19. The average Bonchev–Trinajstić information content (AvgIpc) is 2.68. The Morgan fingerprint density at radius 3 is 3.12 bits per heavy atom. The van der Waals surface area contributed by atoms with E-state index in [1.807, 2.05) is 18.2 Å². The van der Waals surface area contributed by atoms with E-state index in [-0.39, 0.29) is 0 Å². The summed E-state index contributed by atoms with van der Waals surface area (Å²) in [6.45, 7) is 5.17. The van der Waals surface area contributed by atoms with E-state index in [0.717, 1.165) is 24.4 Å². The first kappa shape index (κ1) is 9.67. The Bertz CT molecular complexity index is 525. The minimum atomic E-state index is 0.393. The van der Waals surface area contributed by atoms with Crippen molar-refractivity contribution >= 4 is 11.0 Å². The lowest BCUT2D eigenvalue weighted by molar-refractivity contribution is 0.0776. The molecular weight excluding hydrogens is 200 g/mol. The summed E-state index contributed by atoms with van der Waals surface area (Å²) in [7, 11) is 0. The second-order valence-corrected chi connectivity index (χ2v) is 4.17. The maximum atomic E-state index is 5.81. The van der Waals surface area contributed by atoms with Crippen molar-refractivity contribution in [3.8, 4) is 0 Å². The Kier molecular flexibility index (Phi) is 2.29. The molecule has 2 heterocycles. The number of hydrogen-bond acceptors (Lipinski definition) is 2. The summed E-state index contributed by atoms with van der Waals surface area (Å²) < 4.78 is 11.4. The summed E-state index contributed by atoms with van der Waals surface area (Å²) in [5, 5.41) is 1.23. The largest absolute Gasteiger partial charge is 0.458 e. The third kappa shape index (κ3) is 1.38. The Morgan fingerprint density at radius 2 is 2.25 bits per heavy atom. The van der Waals surface area contributed by atoms with E-state index in [4.69, 9.17) is 9.15 Å². The van der Waals surface area contributed by atoms with Crippen LogP contribution in [0.25, 0.3) is 11.0 Å². The Hall–Kier alpha value is -1.54. The van der Waals surface area contributed by atoms with Gasteiger partial charge in [-0.05, 0) is 12.5 Å². The predicted molar refractivity (Wildman–Crippen MR) is 63.4 cm³/mol. The summed E-state index contributed by atoms with van der Waals surface area (Å²) in [4.78, 5) is 0. The van der Waals surface area contributed by atoms with E-state index in [2.05, 4.69) is 18.7 Å². The highest BCUT2D eigenvalue weighted by molar-refractivity contribution is 5.83. The summed E-state index contributed by atoms with van der Waals surface area (Å²) >= 11 is 0. The molecule has 1 atom stereocenters. The van der Waals surface area contributed by atoms with Gasteiger partial charge >= 0.3 is 0 Å². The fraction of sp³-hybridized carbons (Fsp3) is 0.286. The SMILES string of the molecule is C=CCC1COCc2oc3ccccc3c21. The molecule has 1 aliphatic heterocycles. The summed E-state index contributed by atoms with van der Waals surface area (Å²) in [5.74, 6) is 1.38. The summed E-state index contributed by atoms with van der Waals surface area (Å²) in [6.07, 6.45) is 2.89. The molecule has 1 aromatic carbocycles. The zero-order chi connectivity index (χ0) is 11.0. The van der Waals surface area contributed by atoms with Gasteiger partial charge in [-0.25, -0.2) is 0 Å². The van der Waals surface area contributed by atoms with E-state index in [1.54, 1.807) is 0 Å². The smallest absolute Gasteiger partial charge is 0.134 e. The molecule has 0 saturated heterocycles. The molecule has 0 aliphatic carbocycles. The van der Waals surface area contributed by atoms with E-state index < -0.39 is 0 Å². The second kappa shape index (κ2) is 3.80. The van der Waals surface area contributed by atoms with Crippen LogP contribution in [-0.4, -0.2) is 6.61 Å². The molecule has 0 radical (unpaired) electrons. The van der Waals surface area contributed by atoms with Crippen LogP contribution in [0.3, 0.4) is 0 Å². The standard InChI is InChI=1S/C14H14O2/c1-2-5-10-8-15-9-13-14(10)11-6-3-4-7-12(11)16-13/h2-4,6-7,10H,1,5,8-9H2. The number of ether oxygens (including phenoxy) is 1. The van der Waals surface area contributed by atoms with E-state index in [0.29, 0.717) is 12.5 Å². The van der Waals surface area contributed by atoms with E-state index in [1.165, 1.54) is 10.9 Å². The van der Waals surface area contributed by atoms with Crippen molar-refractivity contribution in [3.05, 3.63) is 48.2 Å². The van der Waals surface area contributed by atoms with Crippen LogP contribution in [0.15, 0.2) is 41.3 Å². The van der Waals surface area contributed by atoms with Crippen LogP contribution >= 0.6 is 0 Å². The first-order valence-electron chi connectivity index (χ1n) is 5.59. The minimum Gasteiger partial charge on any atom is -0.458 e. The minimum absolute atomic E-state index is 0.393. The van der Waals surface area contributed by atoms with Gasteiger partial charge in [0.25, 0.3) is 0 Å². The zero-order valence-electron chi connectivity index (χ0n) is 9.11. The Morgan fingerprint density at radius 1 is 1.38 bits per heavy atom. The number of benzene rings is 1.